The van der Waals surface area contributed by atoms with Crippen LogP contribution in [-0.2, 0) is 10.9 Å². The van der Waals surface area contributed by atoms with Crippen LogP contribution in [0, 0.1) is 0 Å². The fourth-order valence-corrected chi connectivity index (χ4v) is 6.19. The fraction of sp³-hybridized carbons (Fsp3) is 0.412. The molecule has 1 fully saturated rings. The van der Waals surface area contributed by atoms with E-state index in [0.717, 1.165) is 18.0 Å². The number of aliphatic hydroxyl groups excluding tert-OH is 3. The molecule has 3 N–H and O–H groups in total. The van der Waals surface area contributed by atoms with Gasteiger partial charge in [-0.1, -0.05) is 17.0 Å². The zero-order valence-corrected chi connectivity index (χ0v) is 20.9. The van der Waals surface area contributed by atoms with Crippen molar-refractivity contribution in [3.63, 3.8) is 0 Å². The van der Waals surface area contributed by atoms with Gasteiger partial charge in [0, 0.05) is 20.9 Å². The molecule has 0 amide bonds. The van der Waals surface area contributed by atoms with Gasteiger partial charge in [0.2, 0.25) is 0 Å². The predicted molar refractivity (Wildman–Crippen MR) is 118 cm³/mol. The Morgan fingerprint density at radius 2 is 2.00 bits per heavy atom. The lowest BCUT2D eigenvalue weighted by molar-refractivity contribution is -0.178. The molecule has 178 valence electrons. The van der Waals surface area contributed by atoms with Crippen LogP contribution < -0.4 is 0 Å². The summed E-state index contributed by atoms with van der Waals surface area (Å²) in [6, 6.07) is 0.155. The molecule has 3 unspecified atom stereocenters. The number of ether oxygens (including phenoxy) is 1. The van der Waals surface area contributed by atoms with Gasteiger partial charge >= 0.3 is 6.18 Å². The van der Waals surface area contributed by atoms with Crippen molar-refractivity contribution in [2.75, 3.05) is 6.61 Å². The fourth-order valence-electron chi connectivity index (χ4n) is 3.20. The second-order valence-corrected chi connectivity index (χ2v) is 10.6. The van der Waals surface area contributed by atoms with Crippen molar-refractivity contribution in [2.45, 2.75) is 40.9 Å². The summed E-state index contributed by atoms with van der Waals surface area (Å²) in [6.45, 7) is -0.558. The number of hydrogen-bond donors (Lipinski definition) is 3. The van der Waals surface area contributed by atoms with E-state index in [-0.39, 0.29) is 9.37 Å². The van der Waals surface area contributed by atoms with Crippen LogP contribution in [-0.4, -0.2) is 70.6 Å². The molecular formula is C17H14Br2F3N5O4S2. The van der Waals surface area contributed by atoms with Gasteiger partial charge in [-0.15, -0.1) is 16.4 Å². The van der Waals surface area contributed by atoms with Crippen molar-refractivity contribution in [2.24, 2.45) is 0 Å². The Morgan fingerprint density at radius 3 is 2.61 bits per heavy atom. The van der Waals surface area contributed by atoms with E-state index in [2.05, 4.69) is 52.1 Å². The van der Waals surface area contributed by atoms with E-state index in [0.29, 0.717) is 15.3 Å². The largest absolute Gasteiger partial charge is 0.434 e. The molecule has 4 heterocycles. The Kier molecular flexibility index (Phi) is 7.45. The minimum absolute atomic E-state index is 0.267. The smallest absolute Gasteiger partial charge is 0.394 e. The first-order chi connectivity index (χ1) is 15.6. The van der Waals surface area contributed by atoms with Gasteiger partial charge in [0.25, 0.3) is 0 Å². The van der Waals surface area contributed by atoms with Crippen molar-refractivity contribution < 1.29 is 33.2 Å². The Hall–Kier alpha value is -1.14. The summed E-state index contributed by atoms with van der Waals surface area (Å²) in [6.07, 6.45) is -5.89. The zero-order valence-electron chi connectivity index (χ0n) is 16.1. The van der Waals surface area contributed by atoms with Gasteiger partial charge in [-0.05, 0) is 37.9 Å². The van der Waals surface area contributed by atoms with E-state index in [9.17, 15) is 28.5 Å². The molecule has 0 aliphatic carbocycles. The van der Waals surface area contributed by atoms with Crippen molar-refractivity contribution in [1.29, 1.82) is 0 Å². The molecule has 1 aliphatic heterocycles. The third kappa shape index (κ3) is 5.27. The quantitative estimate of drug-likeness (QED) is 0.389. The van der Waals surface area contributed by atoms with Crippen molar-refractivity contribution >= 4 is 55.0 Å². The maximum Gasteiger partial charge on any atom is 0.434 e. The summed E-state index contributed by atoms with van der Waals surface area (Å²) >= 11 is 8.34. The molecule has 1 saturated heterocycles. The van der Waals surface area contributed by atoms with Gasteiger partial charge in [-0.25, -0.2) is 14.6 Å². The van der Waals surface area contributed by atoms with Gasteiger partial charge in [0.15, 0.2) is 5.69 Å². The number of rotatable bonds is 5. The van der Waals surface area contributed by atoms with Crippen LogP contribution >= 0.6 is 55.0 Å². The normalized spacial score (nSPS) is 26.0. The Labute approximate surface area is 209 Å². The van der Waals surface area contributed by atoms with E-state index >= 15 is 0 Å². The Morgan fingerprint density at radius 1 is 1.24 bits per heavy atom. The first-order valence-electron chi connectivity index (χ1n) is 9.13. The zero-order chi connectivity index (χ0) is 23.9. The highest BCUT2D eigenvalue weighted by Gasteiger charge is 2.46. The minimum atomic E-state index is -4.63. The molecule has 33 heavy (non-hydrogen) atoms. The van der Waals surface area contributed by atoms with Crippen molar-refractivity contribution in [1.82, 2.24) is 25.0 Å². The first kappa shape index (κ1) is 25.0. The molecule has 1 aliphatic rings. The number of nitrogens with zero attached hydrogens (tertiary/aromatic N) is 5. The molecule has 9 nitrogen and oxygen atoms in total. The average Bonchev–Trinajstić information content (AvgIpc) is 3.38. The SMILES string of the molecule is OCC1O[C@H](Sc2cnc(C(F)(F)F)c(Br)c2)C(O)C(n2cc(-c3nc(Br)cs3)nn2)[C@H]1O. The van der Waals surface area contributed by atoms with E-state index in [4.69, 9.17) is 4.74 Å². The van der Waals surface area contributed by atoms with Crippen LogP contribution in [0.2, 0.25) is 0 Å². The highest BCUT2D eigenvalue weighted by Crippen LogP contribution is 2.40. The minimum Gasteiger partial charge on any atom is -0.394 e. The number of thiazole rings is 1. The number of pyridine rings is 1. The number of aromatic nitrogens is 5. The second-order valence-electron chi connectivity index (χ2n) is 6.87. The van der Waals surface area contributed by atoms with Crippen LogP contribution in [0.3, 0.4) is 0 Å². The van der Waals surface area contributed by atoms with Gasteiger partial charge in [-0.2, -0.15) is 13.2 Å². The molecule has 16 heteroatoms. The molecule has 0 bridgehead atoms. The number of hydrogen-bond acceptors (Lipinski definition) is 10. The monoisotopic (exact) mass is 631 g/mol. The number of halogens is 5. The summed E-state index contributed by atoms with van der Waals surface area (Å²) in [5.74, 6) is 0. The van der Waals surface area contributed by atoms with Gasteiger partial charge in [0.05, 0.1) is 12.8 Å². The summed E-state index contributed by atoms with van der Waals surface area (Å²) in [5, 5.41) is 41.7. The van der Waals surface area contributed by atoms with E-state index < -0.39 is 48.3 Å². The summed E-state index contributed by atoms with van der Waals surface area (Å²) in [7, 11) is 0. The van der Waals surface area contributed by atoms with Crippen LogP contribution in [0.25, 0.3) is 10.7 Å². The van der Waals surface area contributed by atoms with Gasteiger partial charge in [-0.3, -0.25) is 0 Å². The number of aliphatic hydroxyl groups is 3. The average molecular weight is 633 g/mol. The molecular weight excluding hydrogens is 619 g/mol. The summed E-state index contributed by atoms with van der Waals surface area (Å²) in [5.41, 5.74) is -1.72. The first-order valence-corrected chi connectivity index (χ1v) is 12.5. The lowest BCUT2D eigenvalue weighted by Gasteiger charge is -2.41. The molecule has 0 saturated carbocycles. The van der Waals surface area contributed by atoms with Gasteiger partial charge < -0.3 is 20.1 Å². The van der Waals surface area contributed by atoms with Crippen molar-refractivity contribution in [3.8, 4) is 10.7 Å². The topological polar surface area (TPSA) is 126 Å². The Balaban J connectivity index is 1.59. The molecule has 0 radical (unpaired) electrons. The van der Waals surface area contributed by atoms with Crippen LogP contribution in [0.1, 0.15) is 11.7 Å². The lowest BCUT2D eigenvalue weighted by atomic mass is 9.97. The molecule has 4 rings (SSSR count). The van der Waals surface area contributed by atoms with Crippen LogP contribution in [0.4, 0.5) is 13.2 Å². The molecule has 3 aromatic rings. The number of alkyl halides is 3. The van der Waals surface area contributed by atoms with E-state index in [1.165, 1.54) is 28.3 Å². The maximum atomic E-state index is 13.0. The maximum absolute atomic E-state index is 13.0. The lowest BCUT2D eigenvalue weighted by Crippen LogP contribution is -2.55. The number of thioether (sulfide) groups is 1. The highest BCUT2D eigenvalue weighted by atomic mass is 79.9. The molecule has 5 atom stereocenters. The summed E-state index contributed by atoms with van der Waals surface area (Å²) < 4.78 is 46.1. The molecule has 0 aromatic carbocycles. The third-order valence-corrected chi connectivity index (χ3v) is 7.99. The summed E-state index contributed by atoms with van der Waals surface area (Å²) in [4.78, 5) is 7.97. The molecule has 0 spiro atoms. The van der Waals surface area contributed by atoms with Crippen LogP contribution in [0.15, 0.2) is 37.8 Å². The predicted octanol–water partition coefficient (Wildman–Crippen LogP) is 3.11. The standard InChI is InChI=1S/C17H14Br2F3N5O4S2/c18-7-1-6(2-23-14(7)17(20,21)22)33-16-13(30)11(12(29)9(4-28)31-16)27-3-8(25-26-27)15-24-10(19)5-32-15/h1-3,5,9,11-13,16,28-30H,4H2/t9?,11?,12-,13?,16+/m0/s1. The van der Waals surface area contributed by atoms with Crippen molar-refractivity contribution in [3.05, 3.63) is 38.6 Å². The van der Waals surface area contributed by atoms with Gasteiger partial charge in [0.1, 0.15) is 45.1 Å². The third-order valence-electron chi connectivity index (χ3n) is 4.70. The highest BCUT2D eigenvalue weighted by molar-refractivity contribution is 9.10. The Bertz CT molecular complexity index is 1130. The van der Waals surface area contributed by atoms with E-state index in [1.807, 2.05) is 0 Å². The van der Waals surface area contributed by atoms with E-state index in [1.54, 1.807) is 5.38 Å². The van der Waals surface area contributed by atoms with Crippen LogP contribution in [0.5, 0.6) is 0 Å². The molecule has 3 aromatic heterocycles. The second kappa shape index (κ2) is 9.85.